The first-order chi connectivity index (χ1) is 6.40. The van der Waals surface area contributed by atoms with Crippen LogP contribution in [0.2, 0.25) is 0 Å². The SMILES string of the molecule is C1CC1CO[C@H]1C[C@H]2CC[C@@H](C1)N2. The van der Waals surface area contributed by atoms with Crippen LogP contribution in [0.1, 0.15) is 38.5 Å². The van der Waals surface area contributed by atoms with Crippen molar-refractivity contribution in [2.45, 2.75) is 56.7 Å². The topological polar surface area (TPSA) is 21.3 Å². The molecule has 0 aromatic rings. The fourth-order valence-electron chi connectivity index (χ4n) is 2.70. The van der Waals surface area contributed by atoms with Crippen molar-refractivity contribution in [2.24, 2.45) is 5.92 Å². The first-order valence-corrected chi connectivity index (χ1v) is 5.78. The Labute approximate surface area is 80.0 Å². The van der Waals surface area contributed by atoms with Gasteiger partial charge in [-0.05, 0) is 44.4 Å². The number of hydrogen-bond acceptors (Lipinski definition) is 2. The van der Waals surface area contributed by atoms with Gasteiger partial charge in [-0.2, -0.15) is 0 Å². The zero-order chi connectivity index (χ0) is 8.67. The van der Waals surface area contributed by atoms with Crippen LogP contribution in [0.5, 0.6) is 0 Å². The lowest BCUT2D eigenvalue weighted by Crippen LogP contribution is -2.41. The summed E-state index contributed by atoms with van der Waals surface area (Å²) in [5.74, 6) is 0.924. The Morgan fingerprint density at radius 1 is 1.00 bits per heavy atom. The van der Waals surface area contributed by atoms with E-state index in [9.17, 15) is 0 Å². The molecule has 3 atom stereocenters. The second kappa shape index (κ2) is 3.25. The molecule has 0 aromatic heterocycles. The van der Waals surface area contributed by atoms with Crippen molar-refractivity contribution < 1.29 is 4.74 Å². The minimum absolute atomic E-state index is 0.583. The molecule has 2 aliphatic heterocycles. The van der Waals surface area contributed by atoms with E-state index in [4.69, 9.17) is 4.74 Å². The van der Waals surface area contributed by atoms with Gasteiger partial charge in [-0.3, -0.25) is 0 Å². The third-order valence-electron chi connectivity index (χ3n) is 3.69. The molecule has 1 aliphatic carbocycles. The molecule has 3 aliphatic rings. The summed E-state index contributed by atoms with van der Waals surface area (Å²) in [4.78, 5) is 0. The summed E-state index contributed by atoms with van der Waals surface area (Å²) in [6.45, 7) is 1.05. The first kappa shape index (κ1) is 8.25. The standard InChI is InChI=1S/C11H19NO/c1-2-8(1)7-13-11-5-9-3-4-10(6-11)12-9/h8-12H,1-7H2/t9-,10+,11+. The Bertz CT molecular complexity index is 179. The molecular weight excluding hydrogens is 162 g/mol. The van der Waals surface area contributed by atoms with Gasteiger partial charge in [0.15, 0.2) is 0 Å². The highest BCUT2D eigenvalue weighted by Crippen LogP contribution is 2.32. The molecule has 0 radical (unpaired) electrons. The molecule has 13 heavy (non-hydrogen) atoms. The Morgan fingerprint density at radius 3 is 2.31 bits per heavy atom. The summed E-state index contributed by atoms with van der Waals surface area (Å²) in [6.07, 6.45) is 8.71. The minimum atomic E-state index is 0.583. The lowest BCUT2D eigenvalue weighted by molar-refractivity contribution is 0.0145. The molecule has 3 rings (SSSR count). The van der Waals surface area contributed by atoms with Crippen molar-refractivity contribution in [1.82, 2.24) is 5.32 Å². The monoisotopic (exact) mass is 181 g/mol. The number of hydrogen-bond donors (Lipinski definition) is 1. The summed E-state index contributed by atoms with van der Waals surface area (Å²) in [7, 11) is 0. The van der Waals surface area contributed by atoms with Crippen molar-refractivity contribution in [2.75, 3.05) is 6.61 Å². The number of piperidine rings is 1. The van der Waals surface area contributed by atoms with E-state index in [2.05, 4.69) is 5.32 Å². The van der Waals surface area contributed by atoms with Gasteiger partial charge in [0.1, 0.15) is 0 Å². The van der Waals surface area contributed by atoms with E-state index in [1.165, 1.54) is 38.5 Å². The number of nitrogens with one attached hydrogen (secondary N) is 1. The summed E-state index contributed by atoms with van der Waals surface area (Å²) in [6, 6.07) is 1.56. The summed E-state index contributed by atoms with van der Waals surface area (Å²) in [5.41, 5.74) is 0. The van der Waals surface area contributed by atoms with E-state index in [0.29, 0.717) is 6.10 Å². The Kier molecular flexibility index (Phi) is 2.06. The summed E-state index contributed by atoms with van der Waals surface area (Å²) < 4.78 is 5.95. The van der Waals surface area contributed by atoms with E-state index < -0.39 is 0 Å². The molecule has 2 heterocycles. The second-order valence-electron chi connectivity index (χ2n) is 5.01. The zero-order valence-corrected chi connectivity index (χ0v) is 8.17. The van der Waals surface area contributed by atoms with Crippen LogP contribution in [-0.4, -0.2) is 24.8 Å². The molecular formula is C11H19NO. The molecule has 0 amide bonds. The maximum absolute atomic E-state index is 5.95. The summed E-state index contributed by atoms with van der Waals surface area (Å²) >= 11 is 0. The smallest absolute Gasteiger partial charge is 0.0604 e. The van der Waals surface area contributed by atoms with Crippen LogP contribution < -0.4 is 5.32 Å². The minimum Gasteiger partial charge on any atom is -0.378 e. The molecule has 74 valence electrons. The van der Waals surface area contributed by atoms with Gasteiger partial charge in [-0.25, -0.2) is 0 Å². The third-order valence-corrected chi connectivity index (χ3v) is 3.69. The van der Waals surface area contributed by atoms with Gasteiger partial charge in [-0.15, -0.1) is 0 Å². The highest BCUT2D eigenvalue weighted by atomic mass is 16.5. The van der Waals surface area contributed by atoms with Crippen molar-refractivity contribution in [1.29, 1.82) is 0 Å². The van der Waals surface area contributed by atoms with Gasteiger partial charge in [0.05, 0.1) is 6.10 Å². The Hall–Kier alpha value is -0.0800. The van der Waals surface area contributed by atoms with E-state index in [-0.39, 0.29) is 0 Å². The average Bonchev–Trinajstić information content (AvgIpc) is 2.90. The predicted octanol–water partition coefficient (Wildman–Crippen LogP) is 1.70. The van der Waals surface area contributed by atoms with Crippen molar-refractivity contribution in [3.63, 3.8) is 0 Å². The van der Waals surface area contributed by atoms with Gasteiger partial charge in [0.25, 0.3) is 0 Å². The molecule has 0 spiro atoms. The number of rotatable bonds is 3. The fraction of sp³-hybridized carbons (Fsp3) is 1.00. The highest BCUT2D eigenvalue weighted by Gasteiger charge is 2.34. The highest BCUT2D eigenvalue weighted by molar-refractivity contribution is 4.92. The van der Waals surface area contributed by atoms with E-state index in [0.717, 1.165) is 24.6 Å². The molecule has 2 nitrogen and oxygen atoms in total. The van der Waals surface area contributed by atoms with Crippen LogP contribution in [0.4, 0.5) is 0 Å². The van der Waals surface area contributed by atoms with E-state index in [1.807, 2.05) is 0 Å². The number of ether oxygens (including phenoxy) is 1. The zero-order valence-electron chi connectivity index (χ0n) is 8.17. The molecule has 2 saturated heterocycles. The number of fused-ring (bicyclic) bond motifs is 2. The van der Waals surface area contributed by atoms with Gasteiger partial charge in [0.2, 0.25) is 0 Å². The van der Waals surface area contributed by atoms with Crippen LogP contribution in [0, 0.1) is 5.92 Å². The molecule has 0 aromatic carbocycles. The molecule has 1 N–H and O–H groups in total. The van der Waals surface area contributed by atoms with Crippen LogP contribution in [0.3, 0.4) is 0 Å². The second-order valence-corrected chi connectivity index (χ2v) is 5.01. The van der Waals surface area contributed by atoms with Crippen molar-refractivity contribution in [3.8, 4) is 0 Å². The lowest BCUT2D eigenvalue weighted by Gasteiger charge is -2.29. The Morgan fingerprint density at radius 2 is 1.69 bits per heavy atom. The molecule has 1 saturated carbocycles. The largest absolute Gasteiger partial charge is 0.378 e. The van der Waals surface area contributed by atoms with E-state index in [1.54, 1.807) is 0 Å². The molecule has 2 bridgehead atoms. The summed E-state index contributed by atoms with van der Waals surface area (Å²) in [5, 5.41) is 3.64. The third kappa shape index (κ3) is 1.89. The molecule has 3 fully saturated rings. The van der Waals surface area contributed by atoms with Gasteiger partial charge < -0.3 is 10.1 Å². The van der Waals surface area contributed by atoms with Crippen LogP contribution in [-0.2, 0) is 4.74 Å². The van der Waals surface area contributed by atoms with Crippen molar-refractivity contribution in [3.05, 3.63) is 0 Å². The van der Waals surface area contributed by atoms with Gasteiger partial charge >= 0.3 is 0 Å². The van der Waals surface area contributed by atoms with Crippen molar-refractivity contribution >= 4 is 0 Å². The lowest BCUT2D eigenvalue weighted by atomic mass is 10.0. The fourth-order valence-corrected chi connectivity index (χ4v) is 2.70. The maximum atomic E-state index is 5.95. The predicted molar refractivity (Wildman–Crippen MR) is 51.6 cm³/mol. The first-order valence-electron chi connectivity index (χ1n) is 5.78. The normalized spacial score (nSPS) is 43.8. The van der Waals surface area contributed by atoms with Crippen LogP contribution in [0.25, 0.3) is 0 Å². The average molecular weight is 181 g/mol. The quantitative estimate of drug-likeness (QED) is 0.715. The maximum Gasteiger partial charge on any atom is 0.0604 e. The van der Waals surface area contributed by atoms with E-state index >= 15 is 0 Å². The Balaban J connectivity index is 1.48. The van der Waals surface area contributed by atoms with Gasteiger partial charge in [-0.1, -0.05) is 0 Å². The molecule has 2 heteroatoms. The van der Waals surface area contributed by atoms with Crippen LogP contribution >= 0.6 is 0 Å². The van der Waals surface area contributed by atoms with Gasteiger partial charge in [0, 0.05) is 18.7 Å². The molecule has 0 unspecified atom stereocenters. The van der Waals surface area contributed by atoms with Crippen LogP contribution in [0.15, 0.2) is 0 Å².